The average molecular weight is 284 g/mol. The van der Waals surface area contributed by atoms with Gasteiger partial charge in [-0.15, -0.1) is 0 Å². The molecule has 21 heavy (non-hydrogen) atoms. The minimum atomic E-state index is 0.694. The normalized spacial score (nSPS) is 46.4. The third-order valence-corrected chi connectivity index (χ3v) is 7.44. The van der Waals surface area contributed by atoms with Crippen molar-refractivity contribution in [1.82, 2.24) is 0 Å². The first-order chi connectivity index (χ1) is 10.2. The minimum Gasteiger partial charge on any atom is -0.0807 e. The largest absolute Gasteiger partial charge is 0.0807 e. The Bertz CT molecular complexity index is 468. The molecule has 4 rings (SSSR count). The highest BCUT2D eigenvalue weighted by Gasteiger charge is 2.48. The van der Waals surface area contributed by atoms with Gasteiger partial charge < -0.3 is 0 Å². The van der Waals surface area contributed by atoms with Gasteiger partial charge in [-0.3, -0.25) is 0 Å². The van der Waals surface area contributed by atoms with Crippen molar-refractivity contribution in [2.24, 2.45) is 29.1 Å². The highest BCUT2D eigenvalue weighted by Crippen LogP contribution is 2.59. The molecular weight excluding hydrogens is 252 g/mol. The minimum absolute atomic E-state index is 0.694. The molecule has 0 aliphatic heterocycles. The number of rotatable bonds is 0. The molecule has 0 aromatic rings. The first-order valence-corrected chi connectivity index (χ1v) is 9.58. The van der Waals surface area contributed by atoms with Gasteiger partial charge in [-0.25, -0.2) is 0 Å². The van der Waals surface area contributed by atoms with E-state index >= 15 is 0 Å². The Labute approximate surface area is 131 Å². The Kier molecular flexibility index (Phi) is 3.55. The molecular formula is C21H32. The molecule has 0 aromatic heterocycles. The number of hydrogen-bond acceptors (Lipinski definition) is 0. The highest BCUT2D eigenvalue weighted by atomic mass is 14.5. The molecule has 4 unspecified atom stereocenters. The van der Waals surface area contributed by atoms with Crippen molar-refractivity contribution in [3.63, 3.8) is 0 Å². The summed E-state index contributed by atoms with van der Waals surface area (Å²) in [5.74, 6) is 3.76. The first-order valence-electron chi connectivity index (χ1n) is 9.58. The summed E-state index contributed by atoms with van der Waals surface area (Å²) in [4.78, 5) is 0. The lowest BCUT2D eigenvalue weighted by Crippen LogP contribution is -2.33. The average Bonchev–Trinajstić information content (AvgIpc) is 2.65. The summed E-state index contributed by atoms with van der Waals surface area (Å²) in [6, 6.07) is 0. The van der Waals surface area contributed by atoms with Crippen LogP contribution in [0.1, 0.15) is 78.1 Å². The molecule has 0 saturated heterocycles. The Balaban J connectivity index is 1.68. The maximum Gasteiger partial charge on any atom is -0.0131 e. The van der Waals surface area contributed by atoms with Crippen LogP contribution in [0.2, 0.25) is 0 Å². The Morgan fingerprint density at radius 3 is 2.71 bits per heavy atom. The lowest BCUT2D eigenvalue weighted by atomic mass is 9.63. The van der Waals surface area contributed by atoms with Gasteiger partial charge in [0.05, 0.1) is 0 Å². The van der Waals surface area contributed by atoms with Crippen molar-refractivity contribution >= 4 is 0 Å². The monoisotopic (exact) mass is 284 g/mol. The topological polar surface area (TPSA) is 0 Å². The predicted octanol–water partition coefficient (Wildman–Crippen LogP) is 6.29. The van der Waals surface area contributed by atoms with Crippen LogP contribution in [0.5, 0.6) is 0 Å². The summed E-state index contributed by atoms with van der Waals surface area (Å²) in [6.45, 7) is 5.04. The fourth-order valence-electron chi connectivity index (χ4n) is 6.40. The van der Waals surface area contributed by atoms with E-state index in [1.807, 2.05) is 5.57 Å². The van der Waals surface area contributed by atoms with Crippen LogP contribution in [0.3, 0.4) is 0 Å². The fourth-order valence-corrected chi connectivity index (χ4v) is 6.40. The maximum absolute atomic E-state index is 2.66. The van der Waals surface area contributed by atoms with Crippen LogP contribution in [-0.2, 0) is 0 Å². The smallest absolute Gasteiger partial charge is 0.0131 e. The second kappa shape index (κ2) is 5.28. The van der Waals surface area contributed by atoms with Gasteiger partial charge in [0.15, 0.2) is 0 Å². The van der Waals surface area contributed by atoms with Gasteiger partial charge in [0.1, 0.15) is 0 Å². The van der Waals surface area contributed by atoms with Gasteiger partial charge in [0, 0.05) is 0 Å². The van der Waals surface area contributed by atoms with Gasteiger partial charge in [-0.2, -0.15) is 0 Å². The Hall–Kier alpha value is -0.520. The van der Waals surface area contributed by atoms with Crippen LogP contribution < -0.4 is 0 Å². The number of hydrogen-bond donors (Lipinski definition) is 0. The van der Waals surface area contributed by atoms with E-state index in [1.54, 1.807) is 5.57 Å². The van der Waals surface area contributed by atoms with E-state index in [-0.39, 0.29) is 0 Å². The molecule has 0 heterocycles. The van der Waals surface area contributed by atoms with E-state index in [0.29, 0.717) is 5.41 Å². The second-order valence-corrected chi connectivity index (χ2v) is 8.76. The zero-order valence-corrected chi connectivity index (χ0v) is 14.0. The van der Waals surface area contributed by atoms with Gasteiger partial charge in [-0.05, 0) is 91.6 Å². The molecule has 0 radical (unpaired) electrons. The summed E-state index contributed by atoms with van der Waals surface area (Å²) >= 11 is 0. The van der Waals surface area contributed by atoms with Crippen LogP contribution in [-0.4, -0.2) is 0 Å². The molecule has 5 atom stereocenters. The van der Waals surface area contributed by atoms with Gasteiger partial charge in [-0.1, -0.05) is 38.8 Å². The fraction of sp³-hybridized carbons (Fsp3) is 0.810. The van der Waals surface area contributed by atoms with Gasteiger partial charge >= 0.3 is 0 Å². The summed E-state index contributed by atoms with van der Waals surface area (Å²) in [7, 11) is 0. The Morgan fingerprint density at radius 1 is 1.05 bits per heavy atom. The molecule has 0 spiro atoms. The third kappa shape index (κ3) is 2.34. The van der Waals surface area contributed by atoms with Crippen LogP contribution in [0.25, 0.3) is 0 Å². The van der Waals surface area contributed by atoms with Crippen molar-refractivity contribution in [1.29, 1.82) is 0 Å². The van der Waals surface area contributed by atoms with Crippen molar-refractivity contribution in [2.75, 3.05) is 0 Å². The molecule has 116 valence electrons. The third-order valence-electron chi connectivity index (χ3n) is 7.44. The molecule has 0 amide bonds. The SMILES string of the molecule is CC1C=C2CCC3C(CCC[C@]4(C)CCCC34)C2=CCC1. The van der Waals surface area contributed by atoms with Crippen LogP contribution in [0, 0.1) is 29.1 Å². The zero-order chi connectivity index (χ0) is 14.4. The van der Waals surface area contributed by atoms with E-state index in [4.69, 9.17) is 0 Å². The van der Waals surface area contributed by atoms with Crippen LogP contribution in [0.4, 0.5) is 0 Å². The van der Waals surface area contributed by atoms with Crippen molar-refractivity contribution in [2.45, 2.75) is 78.1 Å². The molecule has 3 fully saturated rings. The van der Waals surface area contributed by atoms with Crippen molar-refractivity contribution in [3.05, 3.63) is 23.3 Å². The first kappa shape index (κ1) is 14.1. The maximum atomic E-state index is 2.66. The summed E-state index contributed by atoms with van der Waals surface area (Å²) in [6.07, 6.45) is 19.9. The summed E-state index contributed by atoms with van der Waals surface area (Å²) in [5, 5.41) is 0. The van der Waals surface area contributed by atoms with Gasteiger partial charge in [0.25, 0.3) is 0 Å². The van der Waals surface area contributed by atoms with Gasteiger partial charge in [0.2, 0.25) is 0 Å². The molecule has 3 saturated carbocycles. The quantitative estimate of drug-likeness (QED) is 0.490. The molecule has 0 heteroatoms. The molecule has 0 bridgehead atoms. The van der Waals surface area contributed by atoms with E-state index in [9.17, 15) is 0 Å². The standard InChI is InChI=1S/C21H32/c1-15-6-3-7-17-16(14-15)10-11-19-18(17)8-4-12-21(2)13-5-9-20(19)21/h7,14-15,18-20H,3-6,8-13H2,1-2H3/t15?,18?,19?,20?,21-/m1/s1. The molecule has 0 aromatic carbocycles. The van der Waals surface area contributed by atoms with E-state index in [2.05, 4.69) is 26.0 Å². The molecule has 4 aliphatic carbocycles. The predicted molar refractivity (Wildman–Crippen MR) is 90.1 cm³/mol. The molecule has 0 N–H and O–H groups in total. The number of fused-ring (bicyclic) bond motifs is 5. The van der Waals surface area contributed by atoms with Crippen LogP contribution >= 0.6 is 0 Å². The number of allylic oxidation sites excluding steroid dienone is 4. The lowest BCUT2D eigenvalue weighted by molar-refractivity contribution is 0.126. The lowest BCUT2D eigenvalue weighted by Gasteiger charge is -2.42. The summed E-state index contributed by atoms with van der Waals surface area (Å²) < 4.78 is 0. The van der Waals surface area contributed by atoms with Crippen LogP contribution in [0.15, 0.2) is 23.3 Å². The van der Waals surface area contributed by atoms with E-state index in [1.165, 1.54) is 64.2 Å². The van der Waals surface area contributed by atoms with E-state index < -0.39 is 0 Å². The summed E-state index contributed by atoms with van der Waals surface area (Å²) in [5.41, 5.74) is 4.26. The van der Waals surface area contributed by atoms with E-state index in [0.717, 1.165) is 23.7 Å². The molecule has 0 nitrogen and oxygen atoms in total. The highest BCUT2D eigenvalue weighted by molar-refractivity contribution is 5.38. The second-order valence-electron chi connectivity index (χ2n) is 8.76. The Morgan fingerprint density at radius 2 is 1.86 bits per heavy atom. The van der Waals surface area contributed by atoms with Crippen molar-refractivity contribution < 1.29 is 0 Å². The zero-order valence-electron chi connectivity index (χ0n) is 14.0. The van der Waals surface area contributed by atoms with Crippen molar-refractivity contribution in [3.8, 4) is 0 Å². The molecule has 4 aliphatic rings.